The van der Waals surface area contributed by atoms with Crippen LogP contribution in [-0.2, 0) is 0 Å². The summed E-state index contributed by atoms with van der Waals surface area (Å²) < 4.78 is 0. The molecule has 326 valence electrons. The van der Waals surface area contributed by atoms with E-state index in [2.05, 4.69) is 228 Å². The minimum Gasteiger partial charge on any atom is -0.286 e. The predicted molar refractivity (Wildman–Crippen MR) is 281 cm³/mol. The van der Waals surface area contributed by atoms with Gasteiger partial charge in [0, 0.05) is 40.9 Å². The van der Waals surface area contributed by atoms with E-state index in [-0.39, 0.29) is 12.0 Å². The first-order valence-corrected chi connectivity index (χ1v) is 23.9. The van der Waals surface area contributed by atoms with Crippen LogP contribution in [0.5, 0.6) is 0 Å². The van der Waals surface area contributed by atoms with Crippen molar-refractivity contribution in [3.63, 3.8) is 0 Å². The smallest absolute Gasteiger partial charge is 0.0748 e. The molecule has 0 radical (unpaired) electrons. The standard InChI is InChI=1S/C64H65N/c1-6-8-9-16-28-62(47(4)57-40-37-52-24-17-18-25-59(52)43-57)63-45-61(30-29-46(63)3)60-27-19-26-58(44-60)48(5)65-64(56-38-35-55(36-39-56)51-22-14-11-15-23-51)42-41-49(7-2)53-31-33-54(34-32-53)50-20-12-10-13-21-50/h6,8-22,24-25,27-28,30-38,40-42,45-46,51,56,58-60,64H,1-2,23,26,29,39,43-44H2,3-5H3/b9-8+,28-16-,42-41+,62-47-,65-48+. The Morgan fingerprint density at radius 1 is 0.723 bits per heavy atom. The summed E-state index contributed by atoms with van der Waals surface area (Å²) >= 11 is 0. The Morgan fingerprint density at radius 3 is 2.29 bits per heavy atom. The molecule has 8 rings (SSSR count). The van der Waals surface area contributed by atoms with Crippen LogP contribution in [0, 0.1) is 35.5 Å². The number of aliphatic imine (C=N–C) groups is 1. The third-order valence-corrected chi connectivity index (χ3v) is 14.1. The monoisotopic (exact) mass is 848 g/mol. The van der Waals surface area contributed by atoms with Crippen molar-refractivity contribution in [2.45, 2.75) is 65.3 Å². The predicted octanol–water partition coefficient (Wildman–Crippen LogP) is 16.6. The third kappa shape index (κ3) is 11.2. The fraction of sp³-hybridized carbons (Fsp3) is 0.250. The molecule has 0 spiro atoms. The van der Waals surface area contributed by atoms with Crippen LogP contribution >= 0.6 is 0 Å². The lowest BCUT2D eigenvalue weighted by atomic mass is 9.74. The topological polar surface area (TPSA) is 12.4 Å². The van der Waals surface area contributed by atoms with Crippen molar-refractivity contribution in [2.24, 2.45) is 40.5 Å². The van der Waals surface area contributed by atoms with Crippen molar-refractivity contribution in [3.8, 4) is 11.1 Å². The van der Waals surface area contributed by atoms with Crippen LogP contribution in [0.25, 0.3) is 16.7 Å². The average molecular weight is 848 g/mol. The Balaban J connectivity index is 1.05. The highest BCUT2D eigenvalue weighted by atomic mass is 14.8. The van der Waals surface area contributed by atoms with E-state index in [1.807, 2.05) is 12.2 Å². The number of fused-ring (bicyclic) bond motifs is 1. The molecule has 65 heavy (non-hydrogen) atoms. The van der Waals surface area contributed by atoms with E-state index in [9.17, 15) is 0 Å². The molecule has 0 bridgehead atoms. The lowest BCUT2D eigenvalue weighted by Gasteiger charge is -2.31. The Kier molecular flexibility index (Phi) is 15.2. The maximum absolute atomic E-state index is 5.65. The summed E-state index contributed by atoms with van der Waals surface area (Å²) in [6.07, 6.45) is 60.8. The van der Waals surface area contributed by atoms with Gasteiger partial charge in [0.05, 0.1) is 6.04 Å². The van der Waals surface area contributed by atoms with Crippen LogP contribution in [0.15, 0.2) is 263 Å². The van der Waals surface area contributed by atoms with Crippen molar-refractivity contribution in [1.29, 1.82) is 0 Å². The first-order chi connectivity index (χ1) is 31.9. The number of allylic oxidation sites excluding steroid dienone is 30. The number of benzene rings is 2. The first kappa shape index (κ1) is 45.1. The summed E-state index contributed by atoms with van der Waals surface area (Å²) in [5.41, 5.74) is 18.8. The summed E-state index contributed by atoms with van der Waals surface area (Å²) in [7, 11) is 0. The van der Waals surface area contributed by atoms with Gasteiger partial charge in [0.2, 0.25) is 0 Å². The Bertz CT molecular complexity index is 2650. The van der Waals surface area contributed by atoms with Gasteiger partial charge in [-0.3, -0.25) is 4.99 Å². The zero-order valence-electron chi connectivity index (χ0n) is 38.7. The highest BCUT2D eigenvalue weighted by Crippen LogP contribution is 2.41. The molecule has 0 amide bonds. The Labute approximate surface area is 390 Å². The lowest BCUT2D eigenvalue weighted by molar-refractivity contribution is 0.515. The zero-order chi connectivity index (χ0) is 45.0. The lowest BCUT2D eigenvalue weighted by Crippen LogP contribution is -2.24. The molecule has 7 atom stereocenters. The van der Waals surface area contributed by atoms with Gasteiger partial charge in [-0.25, -0.2) is 0 Å². The molecule has 0 N–H and O–H groups in total. The van der Waals surface area contributed by atoms with E-state index in [0.29, 0.717) is 29.6 Å². The van der Waals surface area contributed by atoms with Gasteiger partial charge < -0.3 is 0 Å². The average Bonchev–Trinajstić information content (AvgIpc) is 3.37. The molecule has 1 heteroatoms. The highest BCUT2D eigenvalue weighted by molar-refractivity contribution is 5.85. The van der Waals surface area contributed by atoms with E-state index >= 15 is 0 Å². The number of hydrogen-bond donors (Lipinski definition) is 0. The second-order valence-corrected chi connectivity index (χ2v) is 18.3. The van der Waals surface area contributed by atoms with E-state index in [4.69, 9.17) is 4.99 Å². The van der Waals surface area contributed by atoms with E-state index in [1.165, 1.54) is 55.9 Å². The normalized spacial score (nSPS) is 26.0. The van der Waals surface area contributed by atoms with E-state index in [0.717, 1.165) is 49.7 Å². The molecule has 0 heterocycles. The fourth-order valence-electron chi connectivity index (χ4n) is 10.1. The quantitative estimate of drug-likeness (QED) is 0.0777. The van der Waals surface area contributed by atoms with Gasteiger partial charge in [-0.05, 0) is 120 Å². The molecule has 0 aromatic heterocycles. The van der Waals surface area contributed by atoms with Crippen molar-refractivity contribution in [3.05, 3.63) is 264 Å². The van der Waals surface area contributed by atoms with Gasteiger partial charge in [0.15, 0.2) is 0 Å². The summed E-state index contributed by atoms with van der Waals surface area (Å²) in [6.45, 7) is 15.0. The van der Waals surface area contributed by atoms with Crippen molar-refractivity contribution in [1.82, 2.24) is 0 Å². The molecule has 0 fully saturated rings. The second kappa shape index (κ2) is 21.9. The van der Waals surface area contributed by atoms with Crippen LogP contribution in [0.1, 0.15) is 64.9 Å². The van der Waals surface area contributed by atoms with Gasteiger partial charge in [-0.15, -0.1) is 5.73 Å². The third-order valence-electron chi connectivity index (χ3n) is 14.1. The fourth-order valence-corrected chi connectivity index (χ4v) is 10.1. The van der Waals surface area contributed by atoms with E-state index in [1.54, 1.807) is 0 Å². The number of hydrogen-bond acceptors (Lipinski definition) is 1. The summed E-state index contributed by atoms with van der Waals surface area (Å²) in [5, 5.41) is 0. The van der Waals surface area contributed by atoms with Crippen molar-refractivity contribution in [2.75, 3.05) is 0 Å². The summed E-state index contributed by atoms with van der Waals surface area (Å²) in [6, 6.07) is 19.3. The minimum absolute atomic E-state index is 0.0129. The van der Waals surface area contributed by atoms with Crippen LogP contribution in [0.2, 0.25) is 0 Å². The molecule has 6 aliphatic carbocycles. The van der Waals surface area contributed by atoms with Gasteiger partial charge in [0.25, 0.3) is 0 Å². The van der Waals surface area contributed by atoms with E-state index < -0.39 is 0 Å². The molecular formula is C64H65N. The zero-order valence-corrected chi connectivity index (χ0v) is 38.7. The first-order valence-electron chi connectivity index (χ1n) is 23.9. The molecule has 0 saturated carbocycles. The molecule has 2 aromatic carbocycles. The maximum Gasteiger partial charge on any atom is 0.0748 e. The van der Waals surface area contributed by atoms with Gasteiger partial charge >= 0.3 is 0 Å². The second-order valence-electron chi connectivity index (χ2n) is 18.3. The summed E-state index contributed by atoms with van der Waals surface area (Å²) in [5.74, 6) is 2.27. The van der Waals surface area contributed by atoms with Crippen molar-refractivity contribution >= 4 is 11.3 Å². The molecular weight excluding hydrogens is 783 g/mol. The van der Waals surface area contributed by atoms with Crippen LogP contribution in [-0.4, -0.2) is 11.8 Å². The maximum atomic E-state index is 5.65. The number of rotatable bonds is 14. The minimum atomic E-state index is -0.0129. The van der Waals surface area contributed by atoms with Crippen LogP contribution < -0.4 is 0 Å². The molecule has 0 aliphatic heterocycles. The molecule has 7 unspecified atom stereocenters. The van der Waals surface area contributed by atoms with Crippen LogP contribution in [0.3, 0.4) is 0 Å². The number of nitrogens with zero attached hydrogens (tertiary/aromatic N) is 1. The molecule has 2 aromatic rings. The summed E-state index contributed by atoms with van der Waals surface area (Å²) in [4.78, 5) is 5.65. The SMILES string of the molecule is C=C=C(/C=C/C(/N=C(\C)C1CC=CC(C2=CCC(C)C(C(/C=C\C=C\C=C)=C(/C)C3=CC=C4C=CC=CC4C3)=C2)C1)C1C=CC(C2C=CC=CC2)=CC1)c1ccc(-c2ccccc2)cc1. The van der Waals surface area contributed by atoms with Gasteiger partial charge in [0.1, 0.15) is 0 Å². The van der Waals surface area contributed by atoms with Crippen molar-refractivity contribution < 1.29 is 0 Å². The van der Waals surface area contributed by atoms with Gasteiger partial charge in [-0.2, -0.15) is 0 Å². The molecule has 0 saturated heterocycles. The highest BCUT2D eigenvalue weighted by Gasteiger charge is 2.28. The Hall–Kier alpha value is -6.53. The molecule has 1 nitrogen and oxygen atoms in total. The Morgan fingerprint density at radius 2 is 1.52 bits per heavy atom. The van der Waals surface area contributed by atoms with Crippen LogP contribution in [0.4, 0.5) is 0 Å². The van der Waals surface area contributed by atoms with Gasteiger partial charge in [-0.1, -0.05) is 214 Å². The largest absolute Gasteiger partial charge is 0.286 e. The molecule has 6 aliphatic rings.